The number of morpholine rings is 1. The number of carboxylic acid groups (broad SMARTS) is 1. The first-order chi connectivity index (χ1) is 30.8. The number of nitrogens with one attached hydrogen (secondary N) is 5. The third kappa shape index (κ3) is 14.6. The van der Waals surface area contributed by atoms with Crippen LogP contribution < -0.4 is 26.6 Å². The van der Waals surface area contributed by atoms with Crippen LogP contribution in [-0.2, 0) is 23.8 Å². The highest BCUT2D eigenvalue weighted by atomic mass is 16.5. The quantitative estimate of drug-likeness (QED) is 0.108. The average molecular weight is 897 g/mol. The van der Waals surface area contributed by atoms with E-state index in [9.17, 15) is 34.8 Å². The fourth-order valence-electron chi connectivity index (χ4n) is 9.61. The van der Waals surface area contributed by atoms with Gasteiger partial charge in [0.15, 0.2) is 6.17 Å². The van der Waals surface area contributed by atoms with Gasteiger partial charge >= 0.3 is 12.2 Å². The molecule has 0 radical (unpaired) electrons. The van der Waals surface area contributed by atoms with E-state index in [2.05, 4.69) is 48.5 Å². The maximum atomic E-state index is 14.5. The standard InChI is InChI=1S/C44H72N12O8/c1-5-63-42(61)51-40(48-34(27-32-14-10-7-11-15-32)38(58)53-44(30-46)18-22-55(3)23-19-44)56-24-25-64-35(28-62-4)36(56)49-39(50-41(59)60)47-33(26-31-12-8-6-9-13-31)37(57)52-43(29-45)16-20-54(2)21-17-43/h31-36H,5-28H2,1-4H3,(H,52,57)(H,53,58)(H,59,60)(H2,47,49,50)(H,48,51,61)/t33-,34-,35?,36?/m0/s1. The van der Waals surface area contributed by atoms with Gasteiger partial charge < -0.3 is 50.0 Å². The highest BCUT2D eigenvalue weighted by molar-refractivity contribution is 5.98. The second-order valence-electron chi connectivity index (χ2n) is 18.3. The van der Waals surface area contributed by atoms with Crippen molar-refractivity contribution in [2.45, 2.75) is 145 Å². The number of aliphatic imine (C=N–C) groups is 2. The number of hydrogen-bond donors (Lipinski definition) is 6. The highest BCUT2D eigenvalue weighted by Crippen LogP contribution is 2.31. The van der Waals surface area contributed by atoms with E-state index in [4.69, 9.17) is 24.2 Å². The van der Waals surface area contributed by atoms with Crippen molar-refractivity contribution in [3.05, 3.63) is 0 Å². The predicted molar refractivity (Wildman–Crippen MR) is 238 cm³/mol. The zero-order valence-corrected chi connectivity index (χ0v) is 38.4. The van der Waals surface area contributed by atoms with Crippen molar-refractivity contribution in [1.29, 1.82) is 10.5 Å². The molecule has 0 spiro atoms. The number of piperidine rings is 2. The fraction of sp³-hybridized carbons (Fsp3) is 0.818. The molecule has 5 rings (SSSR count). The lowest BCUT2D eigenvalue weighted by molar-refractivity contribution is -0.125. The summed E-state index contributed by atoms with van der Waals surface area (Å²) in [5.41, 5.74) is -2.17. The molecule has 0 aromatic carbocycles. The molecule has 64 heavy (non-hydrogen) atoms. The van der Waals surface area contributed by atoms with Crippen molar-refractivity contribution in [3.63, 3.8) is 0 Å². The molecule has 20 heteroatoms. The second-order valence-corrected chi connectivity index (χ2v) is 18.3. The lowest BCUT2D eigenvalue weighted by atomic mass is 9.84. The van der Waals surface area contributed by atoms with Crippen LogP contribution >= 0.6 is 0 Å². The molecule has 2 saturated carbocycles. The van der Waals surface area contributed by atoms with Crippen LogP contribution in [0.4, 0.5) is 9.59 Å². The van der Waals surface area contributed by atoms with Gasteiger partial charge in [0.2, 0.25) is 23.7 Å². The Morgan fingerprint density at radius 2 is 1.36 bits per heavy atom. The zero-order valence-electron chi connectivity index (χ0n) is 38.4. The normalized spacial score (nSPS) is 24.8. The Bertz CT molecular complexity index is 1700. The SMILES string of the molecule is CCOC(=O)NC(=N[C@@H](CC1CCCCC1)C(=O)NC1(C#N)CCN(C)CC1)N1CCOC(COC)C1N=C(NC(=O)O)N[C@@H](CC1CCCCC1)C(=O)NC1(C#N)CCN(C)CC1. The Morgan fingerprint density at radius 1 is 0.812 bits per heavy atom. The Hall–Kier alpha value is -4.76. The van der Waals surface area contributed by atoms with Crippen LogP contribution in [-0.4, -0.2) is 165 Å². The minimum atomic E-state index is -1.44. The van der Waals surface area contributed by atoms with E-state index >= 15 is 0 Å². The Kier molecular flexibility index (Phi) is 19.2. The van der Waals surface area contributed by atoms with Crippen LogP contribution in [0.25, 0.3) is 0 Å². The number of alkyl carbamates (subject to hydrolysis) is 1. The molecule has 3 aliphatic heterocycles. The summed E-state index contributed by atoms with van der Waals surface area (Å²) in [6.45, 7) is 4.45. The maximum Gasteiger partial charge on any atom is 0.413 e. The monoisotopic (exact) mass is 897 g/mol. The third-order valence-corrected chi connectivity index (χ3v) is 13.5. The molecular formula is C44H72N12O8. The lowest BCUT2D eigenvalue weighted by Gasteiger charge is -2.41. The zero-order chi connectivity index (χ0) is 46.1. The largest absolute Gasteiger partial charge is 0.465 e. The van der Waals surface area contributed by atoms with Crippen molar-refractivity contribution in [2.75, 3.05) is 73.7 Å². The topological polar surface area (TPSA) is 258 Å². The van der Waals surface area contributed by atoms with Gasteiger partial charge in [-0.25, -0.2) is 19.6 Å². The number of ether oxygens (including phenoxy) is 3. The summed E-state index contributed by atoms with van der Waals surface area (Å²) in [6, 6.07) is 2.73. The number of rotatable bonds is 14. The summed E-state index contributed by atoms with van der Waals surface area (Å²) in [7, 11) is 5.43. The molecule has 3 heterocycles. The number of likely N-dealkylation sites (tertiary alicyclic amines) is 2. The van der Waals surface area contributed by atoms with Crippen LogP contribution in [0.1, 0.15) is 110 Å². The molecule has 0 aromatic heterocycles. The number of amides is 4. The van der Waals surface area contributed by atoms with Crippen molar-refractivity contribution < 1.29 is 38.5 Å². The number of nitriles is 2. The molecule has 5 aliphatic rings. The van der Waals surface area contributed by atoms with E-state index in [0.717, 1.165) is 64.2 Å². The van der Waals surface area contributed by atoms with E-state index in [0.29, 0.717) is 64.7 Å². The number of nitrogens with zero attached hydrogens (tertiary/aromatic N) is 7. The predicted octanol–water partition coefficient (Wildman–Crippen LogP) is 2.86. The first-order valence-corrected chi connectivity index (χ1v) is 23.4. The van der Waals surface area contributed by atoms with Crippen LogP contribution in [0.15, 0.2) is 9.98 Å². The highest BCUT2D eigenvalue weighted by Gasteiger charge is 2.42. The van der Waals surface area contributed by atoms with Gasteiger partial charge in [-0.15, -0.1) is 0 Å². The maximum absolute atomic E-state index is 14.5. The minimum absolute atomic E-state index is 0.00600. The van der Waals surface area contributed by atoms with Crippen molar-refractivity contribution in [1.82, 2.24) is 41.3 Å². The summed E-state index contributed by atoms with van der Waals surface area (Å²) >= 11 is 0. The van der Waals surface area contributed by atoms with E-state index in [-0.39, 0.29) is 50.1 Å². The van der Waals surface area contributed by atoms with Gasteiger partial charge in [-0.2, -0.15) is 10.5 Å². The number of methoxy groups -OCH3 is 1. The summed E-state index contributed by atoms with van der Waals surface area (Å²) in [4.78, 5) is 70.5. The molecule has 2 aliphatic carbocycles. The van der Waals surface area contributed by atoms with Crippen LogP contribution in [0.2, 0.25) is 0 Å². The smallest absolute Gasteiger partial charge is 0.413 e. The molecule has 20 nitrogen and oxygen atoms in total. The summed E-state index contributed by atoms with van der Waals surface area (Å²) in [5.74, 6) is -0.846. The van der Waals surface area contributed by atoms with Gasteiger partial charge in [0.1, 0.15) is 29.3 Å². The Balaban J connectivity index is 1.55. The summed E-state index contributed by atoms with van der Waals surface area (Å²) < 4.78 is 17.1. The van der Waals surface area contributed by atoms with Crippen molar-refractivity contribution in [2.24, 2.45) is 21.8 Å². The molecule has 4 amide bonds. The minimum Gasteiger partial charge on any atom is -0.465 e. The third-order valence-electron chi connectivity index (χ3n) is 13.5. The van der Waals surface area contributed by atoms with Gasteiger partial charge in [0.25, 0.3) is 0 Å². The number of guanidine groups is 2. The molecule has 0 aromatic rings. The van der Waals surface area contributed by atoms with Crippen LogP contribution in [0.3, 0.4) is 0 Å². The summed E-state index contributed by atoms with van der Waals surface area (Å²) in [5, 5.41) is 45.2. The molecule has 2 unspecified atom stereocenters. The molecule has 0 bridgehead atoms. The molecule has 356 valence electrons. The van der Waals surface area contributed by atoms with Gasteiger partial charge in [-0.05, 0) is 71.4 Å². The lowest BCUT2D eigenvalue weighted by Crippen LogP contribution is -2.62. The molecule has 4 atom stereocenters. The first kappa shape index (κ1) is 50.2. The van der Waals surface area contributed by atoms with Crippen LogP contribution in [0, 0.1) is 34.5 Å². The Morgan fingerprint density at radius 3 is 1.88 bits per heavy atom. The molecule has 3 saturated heterocycles. The second kappa shape index (κ2) is 24.5. The van der Waals surface area contributed by atoms with E-state index in [1.54, 1.807) is 11.8 Å². The first-order valence-electron chi connectivity index (χ1n) is 23.4. The van der Waals surface area contributed by atoms with E-state index in [1.807, 2.05) is 14.1 Å². The van der Waals surface area contributed by atoms with E-state index in [1.165, 1.54) is 7.11 Å². The van der Waals surface area contributed by atoms with Crippen molar-refractivity contribution >= 4 is 35.9 Å². The molecular weight excluding hydrogens is 825 g/mol. The number of carbonyl (C=O) groups is 4. The van der Waals surface area contributed by atoms with E-state index < -0.39 is 59.4 Å². The average Bonchev–Trinajstić information content (AvgIpc) is 3.28. The van der Waals surface area contributed by atoms with Gasteiger partial charge in [-0.1, -0.05) is 64.2 Å². The number of carbonyl (C=O) groups excluding carboxylic acids is 3. The van der Waals surface area contributed by atoms with Crippen molar-refractivity contribution in [3.8, 4) is 12.1 Å². The van der Waals surface area contributed by atoms with Gasteiger partial charge in [-0.3, -0.25) is 20.2 Å². The Labute approximate surface area is 378 Å². The fourth-order valence-corrected chi connectivity index (χ4v) is 9.61. The van der Waals surface area contributed by atoms with Gasteiger partial charge in [0, 0.05) is 39.8 Å². The summed E-state index contributed by atoms with van der Waals surface area (Å²) in [6.07, 6.45) is 8.15. The van der Waals surface area contributed by atoms with Crippen LogP contribution in [0.5, 0.6) is 0 Å². The molecule has 6 N–H and O–H groups in total. The van der Waals surface area contributed by atoms with Gasteiger partial charge in [0.05, 0.1) is 32.0 Å². The number of hydrogen-bond acceptors (Lipinski definition) is 13. The molecule has 5 fully saturated rings.